The van der Waals surface area contributed by atoms with E-state index < -0.39 is 55.2 Å². The topological polar surface area (TPSA) is 136 Å². The summed E-state index contributed by atoms with van der Waals surface area (Å²) in [4.78, 5) is 21.4. The molecule has 4 atom stereocenters. The maximum atomic E-state index is 13.3. The average molecular weight is 628 g/mol. The fraction of sp³-hybridized carbons (Fsp3) is 0.821. The molecule has 1 aromatic rings. The highest BCUT2D eigenvalue weighted by atomic mass is 28.4. The third-order valence-electron chi connectivity index (χ3n) is 9.51. The molecule has 1 aliphatic heterocycles. The van der Waals surface area contributed by atoms with Gasteiger partial charge in [-0.3, -0.25) is 4.57 Å². The molecule has 1 saturated heterocycles. The number of nitrogens with two attached hydrogens (primary N) is 2. The van der Waals surface area contributed by atoms with Gasteiger partial charge in [-0.2, -0.15) is 9.98 Å². The molecule has 236 valence electrons. The molecule has 0 aromatic carbocycles. The SMILES string of the molecule is CC(C)(C)[Si](C)(C)OC[C@H]1O[C@@H](n2ccc(N=C(N)N)nc2=O)[C@H](O[Si](C)(C)C(C)(C)C)[C@@H]1O[Si](C)(C)C(C)(C)C. The summed E-state index contributed by atoms with van der Waals surface area (Å²) in [6.45, 7) is 33.6. The molecule has 2 heterocycles. The van der Waals surface area contributed by atoms with Crippen LogP contribution < -0.4 is 17.2 Å². The number of nitrogens with zero attached hydrogens (tertiary/aromatic N) is 3. The van der Waals surface area contributed by atoms with Gasteiger partial charge < -0.3 is 29.5 Å². The Bertz CT molecular complexity index is 1150. The molecule has 0 spiro atoms. The Balaban J connectivity index is 2.69. The van der Waals surface area contributed by atoms with Gasteiger partial charge in [0.1, 0.15) is 18.3 Å². The number of ether oxygens (including phenoxy) is 1. The molecule has 41 heavy (non-hydrogen) atoms. The van der Waals surface area contributed by atoms with Crippen LogP contribution in [-0.2, 0) is 18.0 Å². The molecule has 10 nitrogen and oxygen atoms in total. The first kappa shape index (κ1) is 35.8. The standard InChI is InChI=1S/C28H57N5O5Si3/c1-26(2,3)39(10,11)35-18-19-21(37-40(12,13)27(4,5)6)22(38-41(14,15)28(7,8)9)23(36-19)33-17-16-20(31-24(29)30)32-25(33)34/h16-17,19,21-23H,18H2,1-15H3,(H4,29,30,31,32,34)/t19-,21-,22-,23-/m1/s1. The highest BCUT2D eigenvalue weighted by Crippen LogP contribution is 2.46. The maximum Gasteiger partial charge on any atom is 0.351 e. The number of aliphatic imine (C=N–C) groups is 1. The lowest BCUT2D eigenvalue weighted by atomic mass is 10.1. The van der Waals surface area contributed by atoms with Crippen molar-refractivity contribution in [3.05, 3.63) is 22.7 Å². The lowest BCUT2D eigenvalue weighted by Crippen LogP contribution is -2.54. The van der Waals surface area contributed by atoms with E-state index in [1.54, 1.807) is 12.3 Å². The Hall–Kier alpha value is -1.36. The minimum atomic E-state index is -2.34. The van der Waals surface area contributed by atoms with Gasteiger partial charge in [0.2, 0.25) is 0 Å². The third-order valence-corrected chi connectivity index (χ3v) is 23.0. The van der Waals surface area contributed by atoms with E-state index in [0.29, 0.717) is 6.61 Å². The van der Waals surface area contributed by atoms with Crippen LogP contribution in [0.4, 0.5) is 5.82 Å². The van der Waals surface area contributed by atoms with Crippen molar-refractivity contribution in [1.82, 2.24) is 9.55 Å². The third kappa shape index (κ3) is 8.39. The van der Waals surface area contributed by atoms with Crippen LogP contribution in [0.2, 0.25) is 54.4 Å². The minimum Gasteiger partial charge on any atom is -0.414 e. The highest BCUT2D eigenvalue weighted by molar-refractivity contribution is 6.75. The van der Waals surface area contributed by atoms with Gasteiger partial charge in [0, 0.05) is 6.20 Å². The number of rotatable bonds is 9. The van der Waals surface area contributed by atoms with Crippen molar-refractivity contribution in [3.8, 4) is 0 Å². The summed E-state index contributed by atoms with van der Waals surface area (Å²) in [5.41, 5.74) is 10.5. The molecular weight excluding hydrogens is 571 g/mol. The van der Waals surface area contributed by atoms with E-state index in [1.165, 1.54) is 4.57 Å². The summed E-state index contributed by atoms with van der Waals surface area (Å²) in [7, 11) is -6.75. The summed E-state index contributed by atoms with van der Waals surface area (Å²) >= 11 is 0. The quantitative estimate of drug-likeness (QED) is 0.198. The molecule has 13 heteroatoms. The van der Waals surface area contributed by atoms with Crippen molar-refractivity contribution in [1.29, 1.82) is 0 Å². The average Bonchev–Trinajstić information content (AvgIpc) is 3.05. The highest BCUT2D eigenvalue weighted by Gasteiger charge is 2.55. The number of aromatic nitrogens is 2. The van der Waals surface area contributed by atoms with Crippen LogP contribution in [0.25, 0.3) is 0 Å². The number of guanidine groups is 1. The van der Waals surface area contributed by atoms with Crippen LogP contribution in [0.15, 0.2) is 22.1 Å². The van der Waals surface area contributed by atoms with E-state index >= 15 is 0 Å². The maximum absolute atomic E-state index is 13.3. The van der Waals surface area contributed by atoms with Crippen molar-refractivity contribution < 1.29 is 18.0 Å². The fourth-order valence-electron chi connectivity index (χ4n) is 3.67. The molecule has 1 aromatic heterocycles. The van der Waals surface area contributed by atoms with Gasteiger partial charge in [0.25, 0.3) is 0 Å². The van der Waals surface area contributed by atoms with Crippen molar-refractivity contribution in [3.63, 3.8) is 0 Å². The van der Waals surface area contributed by atoms with Crippen LogP contribution in [0.5, 0.6) is 0 Å². The van der Waals surface area contributed by atoms with Gasteiger partial charge in [0.05, 0.1) is 6.61 Å². The smallest absolute Gasteiger partial charge is 0.351 e. The zero-order valence-corrected chi connectivity index (χ0v) is 31.2. The summed E-state index contributed by atoms with van der Waals surface area (Å²) in [5, 5.41) is -0.0905. The van der Waals surface area contributed by atoms with Gasteiger partial charge in [-0.25, -0.2) is 4.79 Å². The largest absolute Gasteiger partial charge is 0.414 e. The lowest BCUT2D eigenvalue weighted by molar-refractivity contribution is -0.0509. The van der Waals surface area contributed by atoms with E-state index in [-0.39, 0.29) is 26.9 Å². The Morgan fingerprint density at radius 3 is 1.76 bits per heavy atom. The van der Waals surface area contributed by atoms with E-state index in [2.05, 4.69) is 112 Å². The van der Waals surface area contributed by atoms with Crippen molar-refractivity contribution in [2.75, 3.05) is 6.61 Å². The van der Waals surface area contributed by atoms with Crippen LogP contribution in [-0.4, -0.2) is 65.4 Å². The lowest BCUT2D eigenvalue weighted by Gasteiger charge is -2.44. The van der Waals surface area contributed by atoms with E-state index in [1.807, 2.05) is 0 Å². The molecule has 0 bridgehead atoms. The number of hydrogen-bond acceptors (Lipinski definition) is 7. The van der Waals surface area contributed by atoms with Crippen molar-refractivity contribution in [2.24, 2.45) is 16.5 Å². The minimum absolute atomic E-state index is 0.0277. The molecule has 0 amide bonds. The molecule has 0 unspecified atom stereocenters. The summed E-state index contributed by atoms with van der Waals surface area (Å²) in [5.74, 6) is -0.0328. The van der Waals surface area contributed by atoms with Crippen molar-refractivity contribution in [2.45, 2.75) is 141 Å². The second-order valence-corrected chi connectivity index (χ2v) is 30.2. The summed E-state index contributed by atoms with van der Waals surface area (Å²) in [6, 6.07) is 1.59. The molecule has 2 rings (SSSR count). The fourth-order valence-corrected chi connectivity index (χ4v) is 7.29. The first-order valence-corrected chi connectivity index (χ1v) is 23.3. The second kappa shape index (κ2) is 12.0. The first-order valence-electron chi connectivity index (χ1n) is 14.5. The van der Waals surface area contributed by atoms with Gasteiger partial charge in [-0.05, 0) is 60.5 Å². The first-order chi connectivity index (χ1) is 18.2. The molecular formula is C28H57N5O5Si3. The zero-order valence-electron chi connectivity index (χ0n) is 28.2. The monoisotopic (exact) mass is 627 g/mol. The molecule has 0 radical (unpaired) electrons. The van der Waals surface area contributed by atoms with Gasteiger partial charge in [0.15, 0.2) is 43.0 Å². The Kier molecular flexibility index (Phi) is 10.5. The summed E-state index contributed by atoms with van der Waals surface area (Å²) < 4.78 is 29.1. The van der Waals surface area contributed by atoms with E-state index in [9.17, 15) is 4.79 Å². The van der Waals surface area contributed by atoms with Crippen LogP contribution >= 0.6 is 0 Å². The van der Waals surface area contributed by atoms with Crippen LogP contribution in [0.3, 0.4) is 0 Å². The van der Waals surface area contributed by atoms with Gasteiger partial charge in [-0.15, -0.1) is 0 Å². The predicted octanol–water partition coefficient (Wildman–Crippen LogP) is 5.85. The Labute approximate surface area is 251 Å². The zero-order chi connectivity index (χ0) is 32.0. The molecule has 0 aliphatic carbocycles. The number of hydrogen-bond donors (Lipinski definition) is 2. The molecule has 1 fully saturated rings. The van der Waals surface area contributed by atoms with E-state index in [0.717, 1.165) is 0 Å². The Morgan fingerprint density at radius 1 is 0.878 bits per heavy atom. The normalized spacial score (nSPS) is 23.1. The van der Waals surface area contributed by atoms with Crippen LogP contribution in [0.1, 0.15) is 68.5 Å². The van der Waals surface area contributed by atoms with Gasteiger partial charge >= 0.3 is 5.69 Å². The Morgan fingerprint density at radius 2 is 1.34 bits per heavy atom. The molecule has 1 aliphatic rings. The second-order valence-electron chi connectivity index (χ2n) is 15.8. The van der Waals surface area contributed by atoms with E-state index in [4.69, 9.17) is 29.5 Å². The molecule has 4 N–H and O–H groups in total. The predicted molar refractivity (Wildman–Crippen MR) is 175 cm³/mol. The molecule has 0 saturated carbocycles. The van der Waals surface area contributed by atoms with Crippen LogP contribution in [0, 0.1) is 0 Å². The van der Waals surface area contributed by atoms with Crippen molar-refractivity contribution >= 4 is 36.7 Å². The summed E-state index contributed by atoms with van der Waals surface area (Å²) in [6.07, 6.45) is -0.581. The van der Waals surface area contributed by atoms with Gasteiger partial charge in [-0.1, -0.05) is 62.3 Å².